The molecule has 6 heteroatoms. The Bertz CT molecular complexity index is 347. The van der Waals surface area contributed by atoms with Crippen LogP contribution < -0.4 is 5.73 Å². The van der Waals surface area contributed by atoms with Gasteiger partial charge in [-0.15, -0.1) is 11.8 Å². The Morgan fingerprint density at radius 1 is 1.71 bits per heavy atom. The Kier molecular flexibility index (Phi) is 3.54. The summed E-state index contributed by atoms with van der Waals surface area (Å²) in [7, 11) is 1.80. The van der Waals surface area contributed by atoms with Crippen molar-refractivity contribution in [2.24, 2.45) is 12.8 Å². The van der Waals surface area contributed by atoms with Gasteiger partial charge in [-0.3, -0.25) is 10.1 Å². The van der Waals surface area contributed by atoms with Gasteiger partial charge in [0.2, 0.25) is 0 Å². The summed E-state index contributed by atoms with van der Waals surface area (Å²) in [5, 5.41) is 21.1. The molecule has 0 spiro atoms. The molecule has 0 saturated heterocycles. The lowest BCUT2D eigenvalue weighted by Gasteiger charge is -2.03. The Balaban J connectivity index is 3.05. The molecule has 0 saturated carbocycles. The van der Waals surface area contributed by atoms with Crippen LogP contribution in [0.3, 0.4) is 0 Å². The zero-order valence-electron chi connectivity index (χ0n) is 8.24. The predicted octanol–water partition coefficient (Wildman–Crippen LogP) is 0.0970. The van der Waals surface area contributed by atoms with Crippen molar-refractivity contribution in [3.63, 3.8) is 0 Å². The van der Waals surface area contributed by atoms with Gasteiger partial charge < -0.3 is 10.8 Å². The van der Waals surface area contributed by atoms with E-state index in [0.29, 0.717) is 11.3 Å². The molecule has 0 unspecified atom stereocenters. The number of aliphatic hydroxyl groups is 1. The molecule has 1 aromatic heterocycles. The van der Waals surface area contributed by atoms with Crippen LogP contribution in [0.5, 0.6) is 0 Å². The summed E-state index contributed by atoms with van der Waals surface area (Å²) in [6.45, 7) is 1.92. The van der Waals surface area contributed by atoms with Crippen LogP contribution in [-0.2, 0) is 7.05 Å². The van der Waals surface area contributed by atoms with E-state index in [2.05, 4.69) is 5.10 Å². The number of nitrogens with one attached hydrogen (secondary N) is 1. The molecule has 1 heterocycles. The third-order valence-corrected chi connectivity index (χ3v) is 2.90. The van der Waals surface area contributed by atoms with Crippen LogP contribution in [0, 0.1) is 12.3 Å². The van der Waals surface area contributed by atoms with Gasteiger partial charge in [-0.25, -0.2) is 0 Å². The molecule has 0 atom stereocenters. The van der Waals surface area contributed by atoms with Gasteiger partial charge in [-0.1, -0.05) is 0 Å². The fourth-order valence-corrected chi connectivity index (χ4v) is 2.17. The fraction of sp³-hybridized carbons (Fsp3) is 0.500. The van der Waals surface area contributed by atoms with Gasteiger partial charge in [-0.2, -0.15) is 5.10 Å². The molecule has 14 heavy (non-hydrogen) atoms. The van der Waals surface area contributed by atoms with Crippen molar-refractivity contribution in [1.82, 2.24) is 9.78 Å². The fourth-order valence-electron chi connectivity index (χ4n) is 1.25. The molecule has 4 N–H and O–H groups in total. The largest absolute Gasteiger partial charge is 0.396 e. The lowest BCUT2D eigenvalue weighted by Crippen LogP contribution is -2.13. The first-order chi connectivity index (χ1) is 6.57. The lowest BCUT2D eigenvalue weighted by atomic mass is 10.2. The molecule has 0 aliphatic heterocycles. The number of amidine groups is 1. The van der Waals surface area contributed by atoms with E-state index in [4.69, 9.17) is 16.2 Å². The molecule has 0 radical (unpaired) electrons. The van der Waals surface area contributed by atoms with Crippen molar-refractivity contribution in [1.29, 1.82) is 5.41 Å². The summed E-state index contributed by atoms with van der Waals surface area (Å²) < 4.78 is 1.69. The molecule has 0 aliphatic carbocycles. The first kappa shape index (κ1) is 11.1. The summed E-state index contributed by atoms with van der Waals surface area (Å²) in [5.41, 5.74) is 6.88. The van der Waals surface area contributed by atoms with Crippen LogP contribution in [-0.4, -0.2) is 33.1 Å². The maximum Gasteiger partial charge on any atom is 0.127 e. The van der Waals surface area contributed by atoms with Crippen molar-refractivity contribution in [2.75, 3.05) is 12.4 Å². The van der Waals surface area contributed by atoms with E-state index < -0.39 is 0 Å². The maximum absolute atomic E-state index is 8.72. The number of nitrogen functional groups attached to an aromatic ring is 1. The molecule has 0 amide bonds. The van der Waals surface area contributed by atoms with Gasteiger partial charge in [0.1, 0.15) is 10.9 Å². The molecule has 0 fully saturated rings. The zero-order valence-corrected chi connectivity index (χ0v) is 9.06. The van der Waals surface area contributed by atoms with E-state index >= 15 is 0 Å². The highest BCUT2D eigenvalue weighted by Gasteiger charge is 2.15. The highest BCUT2D eigenvalue weighted by Crippen LogP contribution is 2.23. The number of rotatable bonds is 4. The van der Waals surface area contributed by atoms with Gasteiger partial charge in [0.25, 0.3) is 0 Å². The second-order valence-electron chi connectivity index (χ2n) is 2.87. The molecule has 78 valence electrons. The normalized spacial score (nSPS) is 10.5. The summed E-state index contributed by atoms with van der Waals surface area (Å²) >= 11 is 1.45. The minimum Gasteiger partial charge on any atom is -0.396 e. The smallest absolute Gasteiger partial charge is 0.127 e. The average molecular weight is 214 g/mol. The quantitative estimate of drug-likeness (QED) is 0.377. The predicted molar refractivity (Wildman–Crippen MR) is 56.8 cm³/mol. The van der Waals surface area contributed by atoms with E-state index in [9.17, 15) is 0 Å². The average Bonchev–Trinajstić information content (AvgIpc) is 2.37. The van der Waals surface area contributed by atoms with E-state index in [-0.39, 0.29) is 12.4 Å². The van der Waals surface area contributed by atoms with Gasteiger partial charge >= 0.3 is 0 Å². The molecule has 0 aromatic carbocycles. The summed E-state index contributed by atoms with van der Waals surface area (Å²) in [6.07, 6.45) is 0. The van der Waals surface area contributed by atoms with Crippen molar-refractivity contribution < 1.29 is 5.11 Å². The van der Waals surface area contributed by atoms with Crippen LogP contribution in [0.2, 0.25) is 0 Å². The topological polar surface area (TPSA) is 87.9 Å². The van der Waals surface area contributed by atoms with Crippen LogP contribution in [0.25, 0.3) is 0 Å². The van der Waals surface area contributed by atoms with Crippen molar-refractivity contribution in [3.8, 4) is 0 Å². The number of nitrogens with two attached hydrogens (primary N) is 1. The monoisotopic (exact) mass is 214 g/mol. The second kappa shape index (κ2) is 4.47. The Morgan fingerprint density at radius 3 is 2.86 bits per heavy atom. The second-order valence-corrected chi connectivity index (χ2v) is 3.96. The van der Waals surface area contributed by atoms with E-state index in [1.54, 1.807) is 11.7 Å². The third-order valence-electron chi connectivity index (χ3n) is 1.77. The van der Waals surface area contributed by atoms with E-state index in [0.717, 1.165) is 10.7 Å². The lowest BCUT2D eigenvalue weighted by molar-refractivity contribution is 0.322. The Labute approximate surface area is 86.8 Å². The molecule has 1 rings (SSSR count). The van der Waals surface area contributed by atoms with Crippen LogP contribution in [0.4, 0.5) is 0 Å². The number of aryl methyl sites for hydroxylation is 2. The minimum atomic E-state index is 0.0241. The minimum absolute atomic E-state index is 0.0241. The Morgan fingerprint density at radius 2 is 2.36 bits per heavy atom. The highest BCUT2D eigenvalue weighted by molar-refractivity contribution is 7.99. The zero-order chi connectivity index (χ0) is 10.7. The number of hydrogen-bond donors (Lipinski definition) is 3. The first-order valence-electron chi connectivity index (χ1n) is 4.19. The first-order valence-corrected chi connectivity index (χ1v) is 5.18. The van der Waals surface area contributed by atoms with Gasteiger partial charge in [-0.05, 0) is 6.92 Å². The van der Waals surface area contributed by atoms with Gasteiger partial charge in [0.05, 0.1) is 17.9 Å². The Hall–Kier alpha value is -1.01. The van der Waals surface area contributed by atoms with Crippen molar-refractivity contribution in [2.45, 2.75) is 11.9 Å². The summed E-state index contributed by atoms with van der Waals surface area (Å²) in [4.78, 5) is 0. The molecule has 1 aromatic rings. The highest BCUT2D eigenvalue weighted by atomic mass is 32.2. The standard InChI is InChI=1S/C8H14N4OS/c1-5-6(7(9)10)8(12(2)11-5)14-4-3-13/h13H,3-4H2,1-2H3,(H3,9,10). The third kappa shape index (κ3) is 2.08. The number of nitrogens with zero attached hydrogens (tertiary/aromatic N) is 2. The van der Waals surface area contributed by atoms with Gasteiger partial charge in [0.15, 0.2) is 0 Å². The van der Waals surface area contributed by atoms with Gasteiger partial charge in [0, 0.05) is 12.8 Å². The van der Waals surface area contributed by atoms with Crippen LogP contribution in [0.15, 0.2) is 5.03 Å². The number of hydrogen-bond acceptors (Lipinski definition) is 4. The maximum atomic E-state index is 8.72. The summed E-state index contributed by atoms with van der Waals surface area (Å²) in [6, 6.07) is 0. The van der Waals surface area contributed by atoms with E-state index in [1.807, 2.05) is 6.92 Å². The van der Waals surface area contributed by atoms with Crippen LogP contribution in [0.1, 0.15) is 11.3 Å². The SMILES string of the molecule is Cc1nn(C)c(SCCO)c1C(=N)N. The van der Waals surface area contributed by atoms with Crippen LogP contribution >= 0.6 is 11.8 Å². The molecular formula is C8H14N4OS. The molecular weight excluding hydrogens is 200 g/mol. The summed E-state index contributed by atoms with van der Waals surface area (Å²) in [5.74, 6) is 0.607. The number of thioether (sulfide) groups is 1. The molecule has 5 nitrogen and oxygen atoms in total. The van der Waals surface area contributed by atoms with Crippen molar-refractivity contribution >= 4 is 17.6 Å². The number of aromatic nitrogens is 2. The number of aliphatic hydroxyl groups excluding tert-OH is 1. The molecule has 0 bridgehead atoms. The van der Waals surface area contributed by atoms with E-state index in [1.165, 1.54) is 11.8 Å². The molecule has 0 aliphatic rings. The van der Waals surface area contributed by atoms with Crippen molar-refractivity contribution in [3.05, 3.63) is 11.3 Å².